The summed E-state index contributed by atoms with van der Waals surface area (Å²) in [5.41, 5.74) is 1.26. The molecule has 0 aliphatic carbocycles. The van der Waals surface area contributed by atoms with Gasteiger partial charge in [-0.2, -0.15) is 9.97 Å². The van der Waals surface area contributed by atoms with Crippen molar-refractivity contribution in [1.29, 1.82) is 0 Å². The van der Waals surface area contributed by atoms with Crippen molar-refractivity contribution < 1.29 is 23.1 Å². The Bertz CT molecular complexity index is 1160. The summed E-state index contributed by atoms with van der Waals surface area (Å²) in [4.78, 5) is 14.3. The van der Waals surface area contributed by atoms with Gasteiger partial charge < -0.3 is 28.4 Å². The highest BCUT2D eigenvalue weighted by Gasteiger charge is 2.65. The number of methoxy groups -OCH3 is 1. The molecular weight excluding hydrogens is 543 g/mol. The maximum absolute atomic E-state index is 7.04. The van der Waals surface area contributed by atoms with E-state index in [2.05, 4.69) is 80.3 Å². The normalized spacial score (nSPS) is 25.4. The van der Waals surface area contributed by atoms with Crippen LogP contribution in [0.3, 0.4) is 0 Å². The molecule has 0 unspecified atom stereocenters. The number of aromatic nitrogens is 4. The minimum absolute atomic E-state index is 0.138. The van der Waals surface area contributed by atoms with Crippen LogP contribution in [0.15, 0.2) is 6.33 Å². The van der Waals surface area contributed by atoms with Crippen LogP contribution in [0.25, 0.3) is 11.2 Å². The molecule has 4 atom stereocenters. The number of nitrogens with one attached hydrogen (secondary N) is 1. The Kier molecular flexibility index (Phi) is 8.82. The van der Waals surface area contributed by atoms with Crippen LogP contribution in [-0.2, 0) is 18.3 Å². The topological polar surface area (TPSA) is 102 Å². The maximum Gasteiger partial charge on any atom is 0.349 e. The van der Waals surface area contributed by atoms with E-state index in [-0.39, 0.29) is 28.4 Å². The summed E-state index contributed by atoms with van der Waals surface area (Å²) in [7, 11) is -2.27. The number of fused-ring (bicyclic) bond motifs is 2. The molecule has 12 heteroatoms. The molecule has 0 spiro atoms. The van der Waals surface area contributed by atoms with Gasteiger partial charge in [-0.25, -0.2) is 4.98 Å². The largest absolute Gasteiger partial charge is 0.476 e. The average Bonchev–Trinajstić information content (AvgIpc) is 3.40. The van der Waals surface area contributed by atoms with Gasteiger partial charge in [-0.05, 0) is 12.0 Å². The van der Waals surface area contributed by atoms with Gasteiger partial charge in [-0.15, -0.1) is 0 Å². The zero-order valence-electron chi connectivity index (χ0n) is 26.6. The van der Waals surface area contributed by atoms with Crippen molar-refractivity contribution in [2.75, 3.05) is 32.2 Å². The first-order valence-corrected chi connectivity index (χ1v) is 20.1. The highest BCUT2D eigenvalue weighted by molar-refractivity contribution is 6.76. The molecule has 2 aliphatic heterocycles. The Hall–Kier alpha value is -1.58. The van der Waals surface area contributed by atoms with Gasteiger partial charge in [0.2, 0.25) is 11.8 Å². The fourth-order valence-electron chi connectivity index (χ4n) is 5.80. The van der Waals surface area contributed by atoms with Gasteiger partial charge in [0, 0.05) is 31.8 Å². The maximum atomic E-state index is 7.04. The van der Waals surface area contributed by atoms with E-state index >= 15 is 0 Å². The molecule has 0 bridgehead atoms. The first kappa shape index (κ1) is 31.4. The van der Waals surface area contributed by atoms with Gasteiger partial charge in [0.05, 0.1) is 19.5 Å². The predicted molar refractivity (Wildman–Crippen MR) is 163 cm³/mol. The molecule has 0 amide bonds. The van der Waals surface area contributed by atoms with Crippen LogP contribution in [0.4, 0.5) is 5.95 Å². The van der Waals surface area contributed by atoms with E-state index < -0.39 is 22.9 Å². The Labute approximate surface area is 242 Å². The Morgan fingerprint density at radius 3 is 2.38 bits per heavy atom. The molecule has 40 heavy (non-hydrogen) atoms. The number of hydrogen-bond acceptors (Lipinski definition) is 9. The molecule has 4 rings (SSSR count). The zero-order valence-corrected chi connectivity index (χ0v) is 28.6. The highest BCUT2D eigenvalue weighted by Crippen LogP contribution is 2.56. The predicted octanol–water partition coefficient (Wildman–Crippen LogP) is 5.98. The molecule has 2 saturated heterocycles. The van der Waals surface area contributed by atoms with Crippen LogP contribution in [0.5, 0.6) is 5.88 Å². The first-order chi connectivity index (χ1) is 18.5. The summed E-state index contributed by atoms with van der Waals surface area (Å²) in [5.74, 6) is 1.44. The van der Waals surface area contributed by atoms with Crippen molar-refractivity contribution in [3.8, 4) is 5.88 Å². The van der Waals surface area contributed by atoms with E-state index in [1.807, 2.05) is 4.57 Å². The highest BCUT2D eigenvalue weighted by atomic mass is 28.4. The van der Waals surface area contributed by atoms with Crippen LogP contribution in [0.2, 0.25) is 35.8 Å². The molecule has 2 fully saturated rings. The molecule has 4 heterocycles. The van der Waals surface area contributed by atoms with Gasteiger partial charge in [-0.1, -0.05) is 75.0 Å². The average molecular weight is 594 g/mol. The second kappa shape index (κ2) is 11.3. The Morgan fingerprint density at radius 1 is 1.12 bits per heavy atom. The van der Waals surface area contributed by atoms with Crippen molar-refractivity contribution >= 4 is 33.7 Å². The van der Waals surface area contributed by atoms with Crippen LogP contribution < -0.4 is 10.1 Å². The smallest absolute Gasteiger partial charge is 0.349 e. The Morgan fingerprint density at radius 2 is 1.80 bits per heavy atom. The molecule has 2 aromatic rings. The van der Waals surface area contributed by atoms with Crippen molar-refractivity contribution in [2.24, 2.45) is 5.92 Å². The summed E-state index contributed by atoms with van der Waals surface area (Å²) in [5, 5.41) is 3.09. The molecular formula is C28H51N5O5Si2. The fourth-order valence-corrected chi connectivity index (χ4v) is 11.5. The third kappa shape index (κ3) is 6.12. The molecule has 2 aromatic heterocycles. The minimum atomic E-state index is -2.71. The van der Waals surface area contributed by atoms with E-state index in [0.717, 1.165) is 12.6 Å². The number of ether oxygens (including phenoxy) is 3. The minimum Gasteiger partial charge on any atom is -0.476 e. The molecule has 10 nitrogen and oxygen atoms in total. The molecule has 0 radical (unpaired) electrons. The zero-order chi connectivity index (χ0) is 29.7. The standard InChI is InChI=1S/C28H51N5O5Si2/c1-18(2)15-29-26-31-23-20(24(32-26)35-13-14-39(10,11)12)30-17-33(23)25-22(34-9)21-19(37-25)16-36-40(38-21,27(3,4)5)28(6,7)8/h17-19,21-22,25H,13-16H2,1-12H3,(H,29,31,32)/t19-,21-,22-,25-/m1/s1. The SMILES string of the molecule is CO[C@@H]1[C@@H]2O[Si](C(C)(C)C)(C(C)(C)C)OC[C@H]2O[C@H]1n1cnc2c(OCC[Si](C)(C)C)nc(NCC(C)C)nc21. The second-order valence-electron chi connectivity index (χ2n) is 14.9. The summed E-state index contributed by atoms with van der Waals surface area (Å²) in [6, 6.07) is 1.03. The number of hydrogen-bond donors (Lipinski definition) is 1. The molecule has 1 N–H and O–H groups in total. The Balaban J connectivity index is 1.70. The summed E-state index contributed by atoms with van der Waals surface area (Å²) in [6.07, 6.45) is 0.385. The molecule has 0 saturated carbocycles. The van der Waals surface area contributed by atoms with Gasteiger partial charge in [0.15, 0.2) is 17.4 Å². The summed E-state index contributed by atoms with van der Waals surface area (Å²) < 4.78 is 34.6. The number of imidazole rings is 1. The van der Waals surface area contributed by atoms with E-state index in [0.29, 0.717) is 42.1 Å². The summed E-state index contributed by atoms with van der Waals surface area (Å²) >= 11 is 0. The molecule has 0 aromatic carbocycles. The van der Waals surface area contributed by atoms with Crippen molar-refractivity contribution in [1.82, 2.24) is 19.5 Å². The number of nitrogens with zero attached hydrogens (tertiary/aromatic N) is 4. The fraction of sp³-hybridized carbons (Fsp3) is 0.821. The summed E-state index contributed by atoms with van der Waals surface area (Å²) in [6.45, 7) is 26.4. The van der Waals surface area contributed by atoms with E-state index in [4.69, 9.17) is 38.0 Å². The lowest BCUT2D eigenvalue weighted by Gasteiger charge is -2.53. The van der Waals surface area contributed by atoms with Crippen molar-refractivity contribution in [3.63, 3.8) is 0 Å². The lowest BCUT2D eigenvalue weighted by Crippen LogP contribution is -2.65. The quantitative estimate of drug-likeness (QED) is 0.352. The van der Waals surface area contributed by atoms with Gasteiger partial charge in [-0.3, -0.25) is 4.57 Å². The molecule has 2 aliphatic rings. The van der Waals surface area contributed by atoms with E-state index in [9.17, 15) is 0 Å². The van der Waals surface area contributed by atoms with Crippen molar-refractivity contribution in [3.05, 3.63) is 6.33 Å². The van der Waals surface area contributed by atoms with Crippen LogP contribution in [0.1, 0.15) is 61.6 Å². The van der Waals surface area contributed by atoms with Gasteiger partial charge >= 0.3 is 8.56 Å². The third-order valence-corrected chi connectivity index (χ3v) is 14.5. The van der Waals surface area contributed by atoms with Crippen LogP contribution >= 0.6 is 0 Å². The van der Waals surface area contributed by atoms with Gasteiger partial charge in [0.1, 0.15) is 18.3 Å². The first-order valence-electron chi connectivity index (χ1n) is 14.6. The van der Waals surface area contributed by atoms with Gasteiger partial charge in [0.25, 0.3) is 0 Å². The van der Waals surface area contributed by atoms with E-state index in [1.54, 1.807) is 13.4 Å². The monoisotopic (exact) mass is 593 g/mol. The van der Waals surface area contributed by atoms with Crippen LogP contribution in [-0.4, -0.2) is 81.3 Å². The molecule has 226 valence electrons. The lowest BCUT2D eigenvalue weighted by molar-refractivity contribution is -0.0797. The lowest BCUT2D eigenvalue weighted by atomic mass is 10.1. The van der Waals surface area contributed by atoms with Crippen molar-refractivity contribution in [2.45, 2.75) is 116 Å². The number of rotatable bonds is 9. The third-order valence-electron chi connectivity index (χ3n) is 7.71. The number of anilines is 1. The van der Waals surface area contributed by atoms with Crippen LogP contribution in [0, 0.1) is 5.92 Å². The van der Waals surface area contributed by atoms with E-state index in [1.165, 1.54) is 0 Å². The second-order valence-corrected chi connectivity index (χ2v) is 25.3.